The van der Waals surface area contributed by atoms with Gasteiger partial charge >= 0.3 is 6.18 Å². The molecule has 0 amide bonds. The van der Waals surface area contributed by atoms with Gasteiger partial charge in [0, 0.05) is 24.0 Å². The molecule has 0 unspecified atom stereocenters. The summed E-state index contributed by atoms with van der Waals surface area (Å²) in [6.07, 6.45) is -4.07. The first-order chi connectivity index (χ1) is 9.13. The van der Waals surface area contributed by atoms with Gasteiger partial charge in [0.2, 0.25) is 0 Å². The molecule has 0 spiro atoms. The molecule has 1 heterocycles. The third kappa shape index (κ3) is 2.82. The van der Waals surface area contributed by atoms with E-state index in [0.29, 0.717) is 24.0 Å². The monoisotopic (exact) mass is 285 g/mol. The zero-order valence-corrected chi connectivity index (χ0v) is 11.8. The topological polar surface area (TPSA) is 25.2 Å². The maximum Gasteiger partial charge on any atom is 0.418 e. The van der Waals surface area contributed by atoms with Gasteiger partial charge in [-0.15, -0.1) is 0 Å². The fraction of sp³-hybridized carbons (Fsp3) is 0.467. The lowest BCUT2D eigenvalue weighted by Gasteiger charge is -2.19. The Kier molecular flexibility index (Phi) is 3.58. The third-order valence-electron chi connectivity index (χ3n) is 3.24. The average Bonchev–Trinajstić information content (AvgIpc) is 2.61. The van der Waals surface area contributed by atoms with E-state index in [1.165, 1.54) is 6.07 Å². The summed E-state index contributed by atoms with van der Waals surface area (Å²) in [5.74, 6) is 0. The summed E-state index contributed by atoms with van der Waals surface area (Å²) >= 11 is 0. The molecule has 0 aliphatic heterocycles. The summed E-state index contributed by atoms with van der Waals surface area (Å²) < 4.78 is 41.0. The summed E-state index contributed by atoms with van der Waals surface area (Å²) in [6.45, 7) is 5.53. The molecule has 2 aromatic rings. The third-order valence-corrected chi connectivity index (χ3v) is 3.24. The Bertz CT molecular complexity index is 620. The highest BCUT2D eigenvalue weighted by molar-refractivity contribution is 5.85. The van der Waals surface area contributed by atoms with Crippen molar-refractivity contribution in [1.82, 2.24) is 4.57 Å². The smallest absolute Gasteiger partial charge is 0.390 e. The molecule has 0 fully saturated rings. The van der Waals surface area contributed by atoms with Crippen molar-refractivity contribution < 1.29 is 18.3 Å². The summed E-state index contributed by atoms with van der Waals surface area (Å²) in [5, 5.41) is 10.5. The number of para-hydroxylation sites is 1. The lowest BCUT2D eigenvalue weighted by atomic mass is 10.0. The van der Waals surface area contributed by atoms with E-state index in [-0.39, 0.29) is 5.52 Å². The minimum atomic E-state index is -4.38. The van der Waals surface area contributed by atoms with E-state index in [4.69, 9.17) is 0 Å². The van der Waals surface area contributed by atoms with Gasteiger partial charge in [-0.05, 0) is 32.9 Å². The van der Waals surface area contributed by atoms with Crippen molar-refractivity contribution in [2.24, 2.45) is 0 Å². The van der Waals surface area contributed by atoms with Crippen molar-refractivity contribution in [2.75, 3.05) is 0 Å². The van der Waals surface area contributed by atoms with E-state index in [2.05, 4.69) is 0 Å². The Hall–Kier alpha value is -1.49. The number of halogens is 3. The summed E-state index contributed by atoms with van der Waals surface area (Å²) in [5.41, 5.74) is -0.674. The Morgan fingerprint density at radius 1 is 1.20 bits per heavy atom. The number of alkyl halides is 3. The van der Waals surface area contributed by atoms with Crippen molar-refractivity contribution in [2.45, 2.75) is 45.5 Å². The van der Waals surface area contributed by atoms with Crippen LogP contribution in [-0.4, -0.2) is 15.3 Å². The van der Waals surface area contributed by atoms with Crippen LogP contribution in [0.4, 0.5) is 13.2 Å². The van der Waals surface area contributed by atoms with Gasteiger partial charge in [-0.2, -0.15) is 13.2 Å². The van der Waals surface area contributed by atoms with Crippen molar-refractivity contribution in [3.63, 3.8) is 0 Å². The highest BCUT2D eigenvalue weighted by Gasteiger charge is 2.34. The van der Waals surface area contributed by atoms with E-state index in [1.54, 1.807) is 37.5 Å². The zero-order chi connectivity index (χ0) is 15.1. The Morgan fingerprint density at radius 2 is 1.85 bits per heavy atom. The number of hydrogen-bond donors (Lipinski definition) is 1. The van der Waals surface area contributed by atoms with E-state index < -0.39 is 17.3 Å². The average molecular weight is 285 g/mol. The van der Waals surface area contributed by atoms with Crippen LogP contribution in [-0.2, 0) is 19.1 Å². The molecule has 1 aromatic heterocycles. The molecule has 0 bridgehead atoms. The molecule has 0 atom stereocenters. The maximum atomic E-state index is 13.1. The molecular weight excluding hydrogens is 267 g/mol. The summed E-state index contributed by atoms with van der Waals surface area (Å²) in [4.78, 5) is 0. The number of benzene rings is 1. The molecule has 20 heavy (non-hydrogen) atoms. The Morgan fingerprint density at radius 3 is 2.35 bits per heavy atom. The van der Waals surface area contributed by atoms with Crippen molar-refractivity contribution in [3.05, 3.63) is 35.5 Å². The van der Waals surface area contributed by atoms with Crippen molar-refractivity contribution in [3.8, 4) is 0 Å². The number of nitrogens with zero attached hydrogens (tertiary/aromatic N) is 1. The van der Waals surface area contributed by atoms with Crippen LogP contribution in [0.2, 0.25) is 0 Å². The molecule has 2 nitrogen and oxygen atoms in total. The molecule has 0 aliphatic carbocycles. The van der Waals surface area contributed by atoms with Gasteiger partial charge in [0.1, 0.15) is 0 Å². The van der Waals surface area contributed by atoms with Crippen LogP contribution in [0.15, 0.2) is 24.3 Å². The fourth-order valence-corrected chi connectivity index (χ4v) is 2.56. The van der Waals surface area contributed by atoms with Gasteiger partial charge in [-0.1, -0.05) is 12.1 Å². The predicted molar refractivity (Wildman–Crippen MR) is 72.6 cm³/mol. The first-order valence-electron chi connectivity index (χ1n) is 6.54. The normalized spacial score (nSPS) is 13.2. The van der Waals surface area contributed by atoms with Crippen LogP contribution >= 0.6 is 0 Å². The number of hydrogen-bond acceptors (Lipinski definition) is 1. The minimum Gasteiger partial charge on any atom is -0.390 e. The van der Waals surface area contributed by atoms with Crippen LogP contribution in [0.3, 0.4) is 0 Å². The lowest BCUT2D eigenvalue weighted by molar-refractivity contribution is -0.136. The lowest BCUT2D eigenvalue weighted by Crippen LogP contribution is -2.23. The molecule has 0 radical (unpaired) electrons. The molecule has 2 rings (SSSR count). The van der Waals surface area contributed by atoms with E-state index in [1.807, 2.05) is 0 Å². The Balaban J connectivity index is 2.70. The second-order valence-electron chi connectivity index (χ2n) is 5.61. The summed E-state index contributed by atoms with van der Waals surface area (Å²) in [7, 11) is 0. The Labute approximate surface area is 115 Å². The van der Waals surface area contributed by atoms with Gasteiger partial charge in [0.25, 0.3) is 0 Å². The van der Waals surface area contributed by atoms with Crippen LogP contribution in [0.5, 0.6) is 0 Å². The highest BCUT2D eigenvalue weighted by Crippen LogP contribution is 2.36. The van der Waals surface area contributed by atoms with E-state index in [9.17, 15) is 18.3 Å². The zero-order valence-electron chi connectivity index (χ0n) is 11.8. The second kappa shape index (κ2) is 4.81. The minimum absolute atomic E-state index is 0.196. The van der Waals surface area contributed by atoms with Crippen LogP contribution in [0, 0.1) is 0 Å². The number of fused-ring (bicyclic) bond motifs is 1. The van der Waals surface area contributed by atoms with Crippen molar-refractivity contribution >= 4 is 10.9 Å². The van der Waals surface area contributed by atoms with E-state index in [0.717, 1.165) is 6.07 Å². The largest absolute Gasteiger partial charge is 0.418 e. The number of rotatable bonds is 3. The van der Waals surface area contributed by atoms with Crippen LogP contribution < -0.4 is 0 Å². The quantitative estimate of drug-likeness (QED) is 0.906. The fourth-order valence-electron chi connectivity index (χ4n) is 2.56. The van der Waals surface area contributed by atoms with Gasteiger partial charge in [-0.3, -0.25) is 0 Å². The van der Waals surface area contributed by atoms with Crippen molar-refractivity contribution in [1.29, 1.82) is 0 Å². The SMILES string of the molecule is CCn1c(CC(C)(C)O)cc2cccc(C(F)(F)F)c21. The molecule has 1 aromatic carbocycles. The molecule has 0 saturated carbocycles. The number of aliphatic hydroxyl groups is 1. The van der Waals surface area contributed by atoms with Gasteiger partial charge in [0.05, 0.1) is 16.7 Å². The van der Waals surface area contributed by atoms with Gasteiger partial charge < -0.3 is 9.67 Å². The highest BCUT2D eigenvalue weighted by atomic mass is 19.4. The van der Waals surface area contributed by atoms with Crippen LogP contribution in [0.25, 0.3) is 10.9 Å². The first-order valence-corrected chi connectivity index (χ1v) is 6.54. The number of aryl methyl sites for hydroxylation is 1. The molecule has 5 heteroatoms. The molecule has 110 valence electrons. The molecule has 0 saturated heterocycles. The van der Waals surface area contributed by atoms with Gasteiger partial charge in [0.15, 0.2) is 0 Å². The molecular formula is C15H18F3NO. The number of aromatic nitrogens is 1. The molecule has 1 N–H and O–H groups in total. The second-order valence-corrected chi connectivity index (χ2v) is 5.61. The summed E-state index contributed by atoms with van der Waals surface area (Å²) in [6, 6.07) is 5.91. The van der Waals surface area contributed by atoms with Gasteiger partial charge in [-0.25, -0.2) is 0 Å². The predicted octanol–water partition coefficient (Wildman–Crippen LogP) is 3.99. The molecule has 0 aliphatic rings. The maximum absolute atomic E-state index is 13.1. The standard InChI is InChI=1S/C15H18F3NO/c1-4-19-11(9-14(2,3)20)8-10-6-5-7-12(13(10)19)15(16,17)18/h5-8,20H,4,9H2,1-3H3. The van der Waals surface area contributed by atoms with E-state index >= 15 is 0 Å². The first kappa shape index (κ1) is 14.9. The van der Waals surface area contributed by atoms with Crippen LogP contribution in [0.1, 0.15) is 32.0 Å².